The molecule has 0 saturated heterocycles. The van der Waals surface area contributed by atoms with E-state index in [-0.39, 0.29) is 12.2 Å². The van der Waals surface area contributed by atoms with Gasteiger partial charge < -0.3 is 0 Å². The van der Waals surface area contributed by atoms with Crippen LogP contribution in [-0.4, -0.2) is 5.78 Å². The Hall–Kier alpha value is -2.91. The molecule has 90 valence electrons. The molecule has 0 unspecified atom stereocenters. The molecule has 0 fully saturated rings. The van der Waals surface area contributed by atoms with E-state index in [0.717, 1.165) is 5.56 Å². The summed E-state index contributed by atoms with van der Waals surface area (Å²) in [6.07, 6.45) is 0.227. The van der Waals surface area contributed by atoms with Gasteiger partial charge in [-0.2, -0.15) is 10.5 Å². The van der Waals surface area contributed by atoms with Gasteiger partial charge >= 0.3 is 0 Å². The zero-order chi connectivity index (χ0) is 13.7. The number of hydrogen-bond acceptors (Lipinski definition) is 3. The van der Waals surface area contributed by atoms with Gasteiger partial charge in [0.05, 0.1) is 23.3 Å². The first-order valence-corrected chi connectivity index (χ1v) is 5.76. The number of rotatable bonds is 3. The van der Waals surface area contributed by atoms with Gasteiger partial charge in [-0.25, -0.2) is 0 Å². The molecule has 3 heteroatoms. The maximum atomic E-state index is 12.1. The van der Waals surface area contributed by atoms with Crippen molar-refractivity contribution in [2.75, 3.05) is 0 Å². The number of nitrogens with zero attached hydrogens (tertiary/aromatic N) is 2. The van der Waals surface area contributed by atoms with Crippen LogP contribution in [0.3, 0.4) is 0 Å². The number of nitriles is 2. The molecule has 0 bridgehead atoms. The molecule has 0 atom stereocenters. The lowest BCUT2D eigenvalue weighted by Crippen LogP contribution is -2.05. The first kappa shape index (κ1) is 12.5. The highest BCUT2D eigenvalue weighted by atomic mass is 16.1. The topological polar surface area (TPSA) is 64.7 Å². The number of benzene rings is 2. The molecular weight excluding hydrogens is 236 g/mol. The van der Waals surface area contributed by atoms with Gasteiger partial charge in [0.2, 0.25) is 0 Å². The van der Waals surface area contributed by atoms with Crippen LogP contribution < -0.4 is 0 Å². The van der Waals surface area contributed by atoms with Crippen molar-refractivity contribution in [1.29, 1.82) is 10.5 Å². The molecule has 0 N–H and O–H groups in total. The Morgan fingerprint density at radius 3 is 2.26 bits per heavy atom. The smallest absolute Gasteiger partial charge is 0.168 e. The second-order valence-corrected chi connectivity index (χ2v) is 4.07. The fourth-order valence-electron chi connectivity index (χ4n) is 1.80. The Kier molecular flexibility index (Phi) is 3.71. The van der Waals surface area contributed by atoms with E-state index in [1.165, 1.54) is 0 Å². The minimum Gasteiger partial charge on any atom is -0.294 e. The van der Waals surface area contributed by atoms with Crippen LogP contribution in [0.4, 0.5) is 0 Å². The minimum absolute atomic E-state index is 0.0955. The highest BCUT2D eigenvalue weighted by Gasteiger charge is 2.11. The minimum atomic E-state index is -0.0955. The molecular formula is C16H10N2O. The van der Waals surface area contributed by atoms with Crippen LogP contribution in [0.15, 0.2) is 48.5 Å². The van der Waals surface area contributed by atoms with E-state index in [2.05, 4.69) is 0 Å². The van der Waals surface area contributed by atoms with E-state index in [1.54, 1.807) is 48.5 Å². The van der Waals surface area contributed by atoms with Gasteiger partial charge in [0.1, 0.15) is 0 Å². The third-order valence-electron chi connectivity index (χ3n) is 2.80. The summed E-state index contributed by atoms with van der Waals surface area (Å²) < 4.78 is 0. The van der Waals surface area contributed by atoms with E-state index in [9.17, 15) is 4.79 Å². The first-order valence-electron chi connectivity index (χ1n) is 5.76. The molecule has 2 aromatic rings. The summed E-state index contributed by atoms with van der Waals surface area (Å²) in [7, 11) is 0. The predicted molar refractivity (Wildman–Crippen MR) is 70.3 cm³/mol. The Morgan fingerprint density at radius 2 is 1.63 bits per heavy atom. The summed E-state index contributed by atoms with van der Waals surface area (Å²) in [5.41, 5.74) is 2.22. The van der Waals surface area contributed by atoms with Crippen molar-refractivity contribution in [2.45, 2.75) is 6.42 Å². The quantitative estimate of drug-likeness (QED) is 0.782. The molecule has 0 heterocycles. The first-order chi connectivity index (χ1) is 9.24. The maximum Gasteiger partial charge on any atom is 0.168 e. The van der Waals surface area contributed by atoms with Crippen LogP contribution in [0, 0.1) is 22.7 Å². The lowest BCUT2D eigenvalue weighted by molar-refractivity contribution is 0.0992. The van der Waals surface area contributed by atoms with E-state index < -0.39 is 0 Å². The summed E-state index contributed by atoms with van der Waals surface area (Å²) in [6.45, 7) is 0. The van der Waals surface area contributed by atoms with Crippen molar-refractivity contribution in [3.63, 3.8) is 0 Å². The van der Waals surface area contributed by atoms with E-state index in [0.29, 0.717) is 16.7 Å². The Labute approximate surface area is 111 Å². The summed E-state index contributed by atoms with van der Waals surface area (Å²) in [4.78, 5) is 12.1. The number of Topliss-reactive ketones (excluding diaryl/α,β-unsaturated/α-hetero) is 1. The molecule has 0 radical (unpaired) electrons. The third kappa shape index (κ3) is 2.86. The van der Waals surface area contributed by atoms with E-state index in [4.69, 9.17) is 10.5 Å². The van der Waals surface area contributed by atoms with Gasteiger partial charge in [-0.05, 0) is 23.8 Å². The van der Waals surface area contributed by atoms with Gasteiger partial charge in [-0.15, -0.1) is 0 Å². The molecule has 2 aromatic carbocycles. The van der Waals surface area contributed by atoms with Crippen molar-refractivity contribution in [3.8, 4) is 12.1 Å². The molecule has 0 aromatic heterocycles. The van der Waals surface area contributed by atoms with Crippen molar-refractivity contribution in [2.24, 2.45) is 0 Å². The lowest BCUT2D eigenvalue weighted by Gasteiger charge is -2.03. The normalized spacial score (nSPS) is 9.37. The monoisotopic (exact) mass is 246 g/mol. The maximum absolute atomic E-state index is 12.1. The number of carbonyl (C=O) groups excluding carboxylic acids is 1. The summed E-state index contributed by atoms with van der Waals surface area (Å²) in [6, 6.07) is 17.7. The molecule has 0 saturated carbocycles. The van der Waals surface area contributed by atoms with Crippen LogP contribution in [0.1, 0.15) is 27.0 Å². The number of carbonyl (C=O) groups is 1. The summed E-state index contributed by atoms with van der Waals surface area (Å²) >= 11 is 0. The molecule has 0 aliphatic heterocycles. The lowest BCUT2D eigenvalue weighted by atomic mass is 9.99. The van der Waals surface area contributed by atoms with Gasteiger partial charge in [-0.3, -0.25) is 4.79 Å². The summed E-state index contributed by atoms with van der Waals surface area (Å²) in [5.74, 6) is -0.0955. The highest BCUT2D eigenvalue weighted by molar-refractivity contribution is 5.99. The largest absolute Gasteiger partial charge is 0.294 e. The number of ketones is 1. The van der Waals surface area contributed by atoms with Gasteiger partial charge in [0.15, 0.2) is 5.78 Å². The van der Waals surface area contributed by atoms with Gasteiger partial charge in [-0.1, -0.05) is 30.3 Å². The van der Waals surface area contributed by atoms with Crippen molar-refractivity contribution < 1.29 is 4.79 Å². The molecule has 19 heavy (non-hydrogen) atoms. The average Bonchev–Trinajstić information content (AvgIpc) is 2.48. The molecule has 0 amide bonds. The Bertz CT molecular complexity index is 688. The van der Waals surface area contributed by atoms with Gasteiger partial charge in [0.25, 0.3) is 0 Å². The number of hydrogen-bond donors (Lipinski definition) is 0. The zero-order valence-corrected chi connectivity index (χ0v) is 10.1. The average molecular weight is 246 g/mol. The fourth-order valence-corrected chi connectivity index (χ4v) is 1.80. The van der Waals surface area contributed by atoms with Crippen molar-refractivity contribution in [1.82, 2.24) is 0 Å². The van der Waals surface area contributed by atoms with Crippen molar-refractivity contribution in [3.05, 3.63) is 70.8 Å². The highest BCUT2D eigenvalue weighted by Crippen LogP contribution is 2.12. The molecule has 0 spiro atoms. The Balaban J connectivity index is 2.21. The van der Waals surface area contributed by atoms with Crippen molar-refractivity contribution >= 4 is 5.78 Å². The van der Waals surface area contributed by atoms with Crippen LogP contribution in [-0.2, 0) is 6.42 Å². The second kappa shape index (κ2) is 5.62. The molecule has 3 nitrogen and oxygen atoms in total. The molecule has 0 aliphatic carbocycles. The predicted octanol–water partition coefficient (Wildman–Crippen LogP) is 2.86. The molecule has 0 aliphatic rings. The van der Waals surface area contributed by atoms with Crippen LogP contribution in [0.5, 0.6) is 0 Å². The second-order valence-electron chi connectivity index (χ2n) is 4.07. The summed E-state index contributed by atoms with van der Waals surface area (Å²) in [5, 5.41) is 17.7. The van der Waals surface area contributed by atoms with E-state index in [1.807, 2.05) is 12.1 Å². The fraction of sp³-hybridized carbons (Fsp3) is 0.0625. The van der Waals surface area contributed by atoms with E-state index >= 15 is 0 Å². The Morgan fingerprint density at radius 1 is 0.947 bits per heavy atom. The standard InChI is InChI=1S/C16H10N2O/c17-10-13-7-5-12(6-8-13)9-16(19)15-4-2-1-3-14(15)11-18/h1-8H,9H2. The van der Waals surface area contributed by atoms with Crippen LogP contribution in [0.25, 0.3) is 0 Å². The van der Waals surface area contributed by atoms with Crippen LogP contribution >= 0.6 is 0 Å². The zero-order valence-electron chi connectivity index (χ0n) is 10.1. The molecule has 2 rings (SSSR count). The third-order valence-corrected chi connectivity index (χ3v) is 2.80. The van der Waals surface area contributed by atoms with Crippen LogP contribution in [0.2, 0.25) is 0 Å². The van der Waals surface area contributed by atoms with Gasteiger partial charge in [0, 0.05) is 12.0 Å². The SMILES string of the molecule is N#Cc1ccc(CC(=O)c2ccccc2C#N)cc1.